The van der Waals surface area contributed by atoms with Gasteiger partial charge in [-0.25, -0.2) is 5.43 Å². The summed E-state index contributed by atoms with van der Waals surface area (Å²) in [5.41, 5.74) is 6.59. The molecule has 2 aromatic carbocycles. The van der Waals surface area contributed by atoms with E-state index in [0.717, 1.165) is 11.3 Å². The van der Waals surface area contributed by atoms with Crippen LogP contribution in [0.4, 0.5) is 0 Å². The summed E-state index contributed by atoms with van der Waals surface area (Å²) in [5.74, 6) is 2.04. The molecule has 2 heterocycles. The van der Waals surface area contributed by atoms with Crippen LogP contribution < -0.4 is 19.6 Å². The first kappa shape index (κ1) is 25.4. The summed E-state index contributed by atoms with van der Waals surface area (Å²) >= 11 is 0. The highest BCUT2D eigenvalue weighted by Crippen LogP contribution is 2.27. The minimum absolute atomic E-state index is 0.135. The molecule has 4 aromatic rings. The summed E-state index contributed by atoms with van der Waals surface area (Å²) in [5, 5.41) is 4.00. The van der Waals surface area contributed by atoms with Crippen molar-refractivity contribution in [2.75, 3.05) is 13.7 Å². The lowest BCUT2D eigenvalue weighted by Gasteiger charge is -2.10. The second-order valence-corrected chi connectivity index (χ2v) is 8.21. The molecule has 0 fully saturated rings. The first-order valence-electron chi connectivity index (χ1n) is 11.7. The Bertz CT molecular complexity index is 1380. The van der Waals surface area contributed by atoms with Gasteiger partial charge in [-0.15, -0.1) is 0 Å². The van der Waals surface area contributed by atoms with Gasteiger partial charge >= 0.3 is 5.91 Å². The van der Waals surface area contributed by atoms with Crippen molar-refractivity contribution in [3.8, 4) is 22.9 Å². The monoisotopic (exact) mass is 499 g/mol. The van der Waals surface area contributed by atoms with E-state index in [1.54, 1.807) is 43.5 Å². The van der Waals surface area contributed by atoms with Crippen molar-refractivity contribution in [3.05, 3.63) is 108 Å². The molecule has 8 heteroatoms. The molecule has 0 unspecified atom stereocenters. The second-order valence-electron chi connectivity index (χ2n) is 8.21. The predicted octanol–water partition coefficient (Wildman–Crippen LogP) is 5.60. The van der Waals surface area contributed by atoms with E-state index in [0.29, 0.717) is 29.6 Å². The molecule has 0 saturated carbocycles. The van der Waals surface area contributed by atoms with Gasteiger partial charge in [-0.1, -0.05) is 12.7 Å². The maximum atomic E-state index is 12.4. The summed E-state index contributed by atoms with van der Waals surface area (Å²) < 4.78 is 24.5. The first-order valence-corrected chi connectivity index (χ1v) is 11.7. The van der Waals surface area contributed by atoms with E-state index in [4.69, 9.17) is 18.6 Å². The zero-order chi connectivity index (χ0) is 26.2. The number of aromatic nitrogens is 1. The fraction of sp³-hybridized carbons (Fsp3) is 0.172. The minimum atomic E-state index is -0.470. The summed E-state index contributed by atoms with van der Waals surface area (Å²) in [4.78, 5) is 12.4. The molecule has 2 aromatic heterocycles. The molecule has 190 valence electrons. The van der Waals surface area contributed by atoms with Crippen LogP contribution >= 0.6 is 0 Å². The zero-order valence-corrected chi connectivity index (χ0v) is 21.1. The van der Waals surface area contributed by atoms with Crippen LogP contribution in [0.5, 0.6) is 17.2 Å². The number of furan rings is 1. The van der Waals surface area contributed by atoms with Crippen LogP contribution in [0.25, 0.3) is 5.69 Å². The smallest absolute Gasteiger partial charge is 0.307 e. The third-order valence-electron chi connectivity index (χ3n) is 5.56. The number of benzene rings is 2. The van der Waals surface area contributed by atoms with Crippen LogP contribution in [0.15, 0.2) is 88.9 Å². The molecule has 0 saturated heterocycles. The first-order chi connectivity index (χ1) is 18.0. The average Bonchev–Trinajstić information content (AvgIpc) is 3.53. The molecule has 1 N–H and O–H groups in total. The van der Waals surface area contributed by atoms with Gasteiger partial charge in [-0.05, 0) is 86.1 Å². The molecule has 37 heavy (non-hydrogen) atoms. The number of hydrogen-bond acceptors (Lipinski definition) is 6. The van der Waals surface area contributed by atoms with Gasteiger partial charge in [0.25, 0.3) is 0 Å². The summed E-state index contributed by atoms with van der Waals surface area (Å²) in [6.45, 7) is 8.34. The highest BCUT2D eigenvalue weighted by Gasteiger charge is 2.11. The van der Waals surface area contributed by atoms with E-state index in [1.807, 2.05) is 24.3 Å². The topological polar surface area (TPSA) is 87.2 Å². The number of hydrazone groups is 1. The summed E-state index contributed by atoms with van der Waals surface area (Å²) in [6, 6.07) is 20.6. The summed E-state index contributed by atoms with van der Waals surface area (Å²) in [6.07, 6.45) is 3.16. The third kappa shape index (κ3) is 6.29. The number of ether oxygens (including phenoxy) is 3. The number of nitrogens with one attached hydrogen (secondary N) is 1. The van der Waals surface area contributed by atoms with Gasteiger partial charge < -0.3 is 23.2 Å². The Morgan fingerprint density at radius 3 is 2.46 bits per heavy atom. The number of aryl methyl sites for hydroxylation is 2. The standard InChI is InChI=1S/C29H29N3O5/c1-5-16-35-26-14-8-22(17-28(26)34-4)18-30-31-29(33)27-15-13-25(37-27)19-36-24-11-9-23(10-12-24)32-20(2)6-7-21(32)3/h5-15,17-18H,1,16,19H2,2-4H3,(H,31,33). The zero-order valence-electron chi connectivity index (χ0n) is 21.1. The molecule has 0 spiro atoms. The van der Waals surface area contributed by atoms with Gasteiger partial charge in [-0.3, -0.25) is 4.79 Å². The van der Waals surface area contributed by atoms with Crippen molar-refractivity contribution in [1.82, 2.24) is 9.99 Å². The Labute approximate surface area is 215 Å². The average molecular weight is 500 g/mol. The number of hydrogen-bond donors (Lipinski definition) is 1. The minimum Gasteiger partial charge on any atom is -0.493 e. The van der Waals surface area contributed by atoms with Crippen molar-refractivity contribution in [1.29, 1.82) is 0 Å². The Balaban J connectivity index is 1.30. The highest BCUT2D eigenvalue weighted by atomic mass is 16.5. The van der Waals surface area contributed by atoms with Crippen molar-refractivity contribution in [3.63, 3.8) is 0 Å². The number of nitrogens with zero attached hydrogens (tertiary/aromatic N) is 2. The molecule has 8 nitrogen and oxygen atoms in total. The van der Waals surface area contributed by atoms with Gasteiger partial charge in [-0.2, -0.15) is 5.10 Å². The van der Waals surface area contributed by atoms with Crippen LogP contribution in [-0.4, -0.2) is 30.4 Å². The molecule has 0 aliphatic rings. The Hall–Kier alpha value is -4.72. The van der Waals surface area contributed by atoms with Crippen LogP contribution in [0.1, 0.15) is 33.3 Å². The van der Waals surface area contributed by atoms with Crippen molar-refractivity contribution in [2.45, 2.75) is 20.5 Å². The second kappa shape index (κ2) is 11.8. The lowest BCUT2D eigenvalue weighted by Crippen LogP contribution is -2.16. The number of amides is 1. The Morgan fingerprint density at radius 2 is 1.76 bits per heavy atom. The third-order valence-corrected chi connectivity index (χ3v) is 5.56. The molecule has 1 amide bonds. The SMILES string of the molecule is C=CCOc1ccc(C=NNC(=O)c2ccc(COc3ccc(-n4c(C)ccc4C)cc3)o2)cc1OC. The maximum Gasteiger partial charge on any atom is 0.307 e. The number of methoxy groups -OCH3 is 1. The normalized spacial score (nSPS) is 10.9. The fourth-order valence-corrected chi connectivity index (χ4v) is 3.75. The van der Waals surface area contributed by atoms with Crippen molar-refractivity contribution >= 4 is 12.1 Å². The van der Waals surface area contributed by atoms with Gasteiger partial charge in [0.2, 0.25) is 0 Å². The lowest BCUT2D eigenvalue weighted by atomic mass is 10.2. The predicted molar refractivity (Wildman–Crippen MR) is 142 cm³/mol. The molecule has 0 aliphatic carbocycles. The van der Waals surface area contributed by atoms with E-state index in [9.17, 15) is 4.79 Å². The maximum absolute atomic E-state index is 12.4. The largest absolute Gasteiger partial charge is 0.493 e. The number of rotatable bonds is 11. The van der Waals surface area contributed by atoms with Gasteiger partial charge in [0.05, 0.1) is 13.3 Å². The molecule has 0 bridgehead atoms. The quantitative estimate of drug-likeness (QED) is 0.165. The Morgan fingerprint density at radius 1 is 1.00 bits per heavy atom. The van der Waals surface area contributed by atoms with Crippen LogP contribution in [0.3, 0.4) is 0 Å². The van der Waals surface area contributed by atoms with E-state index in [2.05, 4.69) is 47.7 Å². The van der Waals surface area contributed by atoms with Gasteiger partial charge in [0, 0.05) is 17.1 Å². The van der Waals surface area contributed by atoms with Crippen LogP contribution in [0.2, 0.25) is 0 Å². The van der Waals surface area contributed by atoms with Crippen molar-refractivity contribution < 1.29 is 23.4 Å². The molecule has 0 atom stereocenters. The number of carbonyl (C=O) groups is 1. The molecule has 0 radical (unpaired) electrons. The molecular weight excluding hydrogens is 470 g/mol. The van der Waals surface area contributed by atoms with E-state index in [-0.39, 0.29) is 12.4 Å². The van der Waals surface area contributed by atoms with Gasteiger partial charge in [0.15, 0.2) is 17.3 Å². The fourth-order valence-electron chi connectivity index (χ4n) is 3.75. The lowest BCUT2D eigenvalue weighted by molar-refractivity contribution is 0.0923. The summed E-state index contributed by atoms with van der Waals surface area (Å²) in [7, 11) is 1.55. The van der Waals surface area contributed by atoms with Crippen molar-refractivity contribution in [2.24, 2.45) is 5.10 Å². The number of carbonyl (C=O) groups excluding carboxylic acids is 1. The van der Waals surface area contributed by atoms with E-state index >= 15 is 0 Å². The van der Waals surface area contributed by atoms with E-state index in [1.165, 1.54) is 17.6 Å². The Kier molecular flexibility index (Phi) is 8.10. The van der Waals surface area contributed by atoms with Crippen LogP contribution in [0, 0.1) is 13.8 Å². The van der Waals surface area contributed by atoms with E-state index < -0.39 is 5.91 Å². The molecular formula is C29H29N3O5. The van der Waals surface area contributed by atoms with Crippen LogP contribution in [-0.2, 0) is 6.61 Å². The molecule has 4 rings (SSSR count). The molecule has 0 aliphatic heterocycles. The highest BCUT2D eigenvalue weighted by molar-refractivity contribution is 5.92. The van der Waals surface area contributed by atoms with Gasteiger partial charge in [0.1, 0.15) is 24.7 Å².